The fourth-order valence-electron chi connectivity index (χ4n) is 2.63. The van der Waals surface area contributed by atoms with Gasteiger partial charge in [-0.05, 0) is 38.0 Å². The average Bonchev–Trinajstić information content (AvgIpc) is 2.72. The largest absolute Gasteiger partial charge is 0.345 e. The normalized spacial score (nSPS) is 11.2. The highest BCUT2D eigenvalue weighted by Crippen LogP contribution is 2.48. The maximum atomic E-state index is 12.7. The third-order valence-electron chi connectivity index (χ3n) is 3.93. The molecule has 0 aliphatic rings. The van der Waals surface area contributed by atoms with E-state index >= 15 is 0 Å². The van der Waals surface area contributed by atoms with E-state index in [2.05, 4.69) is 5.32 Å². The van der Waals surface area contributed by atoms with E-state index in [0.29, 0.717) is 25.3 Å². The number of para-hydroxylation sites is 1. The summed E-state index contributed by atoms with van der Waals surface area (Å²) in [6.45, 7) is 4.65. The van der Waals surface area contributed by atoms with Crippen molar-refractivity contribution in [2.45, 2.75) is 26.9 Å². The van der Waals surface area contributed by atoms with Gasteiger partial charge in [-0.2, -0.15) is 0 Å². The van der Waals surface area contributed by atoms with E-state index in [0.717, 1.165) is 5.56 Å². The Balaban J connectivity index is 1.99. The maximum absolute atomic E-state index is 12.7. The number of nitrogens with one attached hydrogen (secondary N) is 1. The molecule has 2 aromatic rings. The van der Waals surface area contributed by atoms with Crippen LogP contribution < -0.4 is 5.32 Å². The van der Waals surface area contributed by atoms with Crippen molar-refractivity contribution >= 4 is 19.3 Å². The first-order valence-electron chi connectivity index (χ1n) is 9.75. The maximum Gasteiger partial charge on any atom is 0.345 e. The van der Waals surface area contributed by atoms with E-state index in [9.17, 15) is 9.36 Å². The summed E-state index contributed by atoms with van der Waals surface area (Å²) < 4.78 is 23.3. The lowest BCUT2D eigenvalue weighted by atomic mass is 10.2. The highest BCUT2D eigenvalue weighted by atomic mass is 31.2. The molecule has 0 bridgehead atoms. The summed E-state index contributed by atoms with van der Waals surface area (Å²) in [7, 11) is -3.16. The van der Waals surface area contributed by atoms with Gasteiger partial charge >= 0.3 is 13.6 Å². The van der Waals surface area contributed by atoms with E-state index < -0.39 is 13.6 Å². The van der Waals surface area contributed by atoms with Crippen molar-refractivity contribution in [3.05, 3.63) is 66.2 Å². The number of hydrogen-bond acceptors (Lipinski definition) is 5. The molecule has 0 atom stereocenters. The zero-order valence-corrected chi connectivity index (χ0v) is 17.8. The van der Waals surface area contributed by atoms with Crippen LogP contribution in [0.25, 0.3) is 0 Å². The van der Waals surface area contributed by atoms with Crippen molar-refractivity contribution in [1.82, 2.24) is 5.06 Å². The van der Waals surface area contributed by atoms with Gasteiger partial charge in [0.15, 0.2) is 0 Å². The summed E-state index contributed by atoms with van der Waals surface area (Å²) in [6, 6.07) is 18.3. The van der Waals surface area contributed by atoms with Gasteiger partial charge in [0, 0.05) is 5.69 Å². The molecule has 0 unspecified atom stereocenters. The summed E-state index contributed by atoms with van der Waals surface area (Å²) in [6.07, 6.45) is 0.618. The second kappa shape index (κ2) is 12.4. The molecule has 2 aromatic carbocycles. The smallest absolute Gasteiger partial charge is 0.309 e. The summed E-state index contributed by atoms with van der Waals surface area (Å²) in [5, 5.41) is 4.06. The SMILES string of the molecule is CCOP(=O)(CCCN(OCc1ccccc1)C(=O)Nc1ccccc1)OCC. The quantitative estimate of drug-likeness (QED) is 0.372. The lowest BCUT2D eigenvalue weighted by Gasteiger charge is -2.23. The first-order valence-corrected chi connectivity index (χ1v) is 11.5. The van der Waals surface area contributed by atoms with Crippen LogP contribution >= 0.6 is 7.60 Å². The predicted molar refractivity (Wildman–Crippen MR) is 114 cm³/mol. The molecule has 0 radical (unpaired) electrons. The van der Waals surface area contributed by atoms with Gasteiger partial charge < -0.3 is 14.4 Å². The molecule has 0 saturated carbocycles. The standard InChI is InChI=1S/C21H29N2O5P/c1-3-27-29(25,28-4-2)17-11-16-23(26-18-19-12-7-5-8-13-19)21(24)22-20-14-9-6-10-15-20/h5-10,12-15H,3-4,11,16-18H2,1-2H3,(H,22,24). The Morgan fingerprint density at radius 3 is 2.14 bits per heavy atom. The number of carbonyl (C=O) groups is 1. The van der Waals surface area contributed by atoms with E-state index in [1.165, 1.54) is 5.06 Å². The van der Waals surface area contributed by atoms with Crippen LogP contribution in [0, 0.1) is 0 Å². The molecule has 0 fully saturated rings. The zero-order chi connectivity index (χ0) is 21.0. The van der Waals surface area contributed by atoms with Crippen LogP contribution in [0.1, 0.15) is 25.8 Å². The predicted octanol–water partition coefficient (Wildman–Crippen LogP) is 5.31. The van der Waals surface area contributed by atoms with Gasteiger partial charge in [0.05, 0.1) is 25.9 Å². The van der Waals surface area contributed by atoms with E-state index in [1.807, 2.05) is 48.5 Å². The Hall–Kier alpha value is -2.18. The number of carbonyl (C=O) groups excluding carboxylic acids is 1. The molecule has 29 heavy (non-hydrogen) atoms. The molecule has 0 aromatic heterocycles. The third-order valence-corrected chi connectivity index (χ3v) is 6.09. The molecular weight excluding hydrogens is 391 g/mol. The first kappa shape index (κ1) is 23.1. The first-order chi connectivity index (χ1) is 14.1. The number of hydrogen-bond donors (Lipinski definition) is 1. The van der Waals surface area contributed by atoms with Crippen molar-refractivity contribution in [2.75, 3.05) is 31.2 Å². The van der Waals surface area contributed by atoms with Crippen LogP contribution in [-0.4, -0.2) is 37.0 Å². The van der Waals surface area contributed by atoms with Gasteiger partial charge in [0.1, 0.15) is 6.61 Å². The number of nitrogens with zero attached hydrogens (tertiary/aromatic N) is 1. The van der Waals surface area contributed by atoms with Gasteiger partial charge in [0.25, 0.3) is 0 Å². The minimum atomic E-state index is -3.16. The number of urea groups is 1. The Bertz CT molecular complexity index is 763. The second-order valence-corrected chi connectivity index (χ2v) is 8.37. The molecular formula is C21H29N2O5P. The number of benzene rings is 2. The molecule has 0 heterocycles. The van der Waals surface area contributed by atoms with Crippen molar-refractivity contribution in [1.29, 1.82) is 0 Å². The molecule has 0 saturated heterocycles. The monoisotopic (exact) mass is 420 g/mol. The molecule has 0 aliphatic carbocycles. The molecule has 7 nitrogen and oxygen atoms in total. The molecule has 158 valence electrons. The highest BCUT2D eigenvalue weighted by molar-refractivity contribution is 7.53. The molecule has 8 heteroatoms. The van der Waals surface area contributed by atoms with Crippen molar-refractivity contribution in [3.63, 3.8) is 0 Å². The summed E-state index contributed by atoms with van der Waals surface area (Å²) >= 11 is 0. The van der Waals surface area contributed by atoms with Gasteiger partial charge in [-0.25, -0.2) is 9.86 Å². The molecule has 0 spiro atoms. The molecule has 0 aliphatic heterocycles. The van der Waals surface area contributed by atoms with Gasteiger partial charge in [-0.15, -0.1) is 0 Å². The molecule has 2 amide bonds. The van der Waals surface area contributed by atoms with E-state index in [4.69, 9.17) is 13.9 Å². The van der Waals surface area contributed by atoms with Crippen LogP contribution in [-0.2, 0) is 25.1 Å². The Morgan fingerprint density at radius 1 is 0.966 bits per heavy atom. The highest BCUT2D eigenvalue weighted by Gasteiger charge is 2.24. The van der Waals surface area contributed by atoms with Crippen molar-refractivity contribution < 1.29 is 23.2 Å². The minimum absolute atomic E-state index is 0.207. The summed E-state index contributed by atoms with van der Waals surface area (Å²) in [5.41, 5.74) is 1.61. The Morgan fingerprint density at radius 2 is 1.55 bits per heavy atom. The fraction of sp³-hybridized carbons (Fsp3) is 0.381. The lowest BCUT2D eigenvalue weighted by molar-refractivity contribution is -0.124. The topological polar surface area (TPSA) is 77.1 Å². The number of hydroxylamine groups is 2. The molecule has 1 N–H and O–H groups in total. The minimum Gasteiger partial charge on any atom is -0.309 e. The van der Waals surface area contributed by atoms with Crippen molar-refractivity contribution in [3.8, 4) is 0 Å². The summed E-state index contributed by atoms with van der Waals surface area (Å²) in [5.74, 6) is 0. The number of rotatable bonds is 12. The van der Waals surface area contributed by atoms with Gasteiger partial charge in [0.2, 0.25) is 0 Å². The Labute approximate surface area is 172 Å². The molecule has 2 rings (SSSR count). The van der Waals surface area contributed by atoms with Crippen molar-refractivity contribution in [2.24, 2.45) is 0 Å². The van der Waals surface area contributed by atoms with Gasteiger partial charge in [-0.3, -0.25) is 9.40 Å². The number of amides is 2. The average molecular weight is 420 g/mol. The summed E-state index contributed by atoms with van der Waals surface area (Å²) in [4.78, 5) is 18.4. The fourth-order valence-corrected chi connectivity index (χ4v) is 4.27. The van der Waals surface area contributed by atoms with Crippen LogP contribution in [0.4, 0.5) is 10.5 Å². The Kier molecular flexibility index (Phi) is 9.88. The van der Waals surface area contributed by atoms with Crippen LogP contribution in [0.2, 0.25) is 0 Å². The van der Waals surface area contributed by atoms with Gasteiger partial charge in [-0.1, -0.05) is 48.5 Å². The van der Waals surface area contributed by atoms with E-state index in [-0.39, 0.29) is 19.3 Å². The number of anilines is 1. The van der Waals surface area contributed by atoms with Crippen LogP contribution in [0.15, 0.2) is 60.7 Å². The third kappa shape index (κ3) is 8.38. The zero-order valence-electron chi connectivity index (χ0n) is 17.0. The van der Waals surface area contributed by atoms with E-state index in [1.54, 1.807) is 26.0 Å². The lowest BCUT2D eigenvalue weighted by Crippen LogP contribution is -2.36. The second-order valence-electron chi connectivity index (χ2n) is 6.18. The van der Waals surface area contributed by atoms with Crippen LogP contribution in [0.5, 0.6) is 0 Å². The van der Waals surface area contributed by atoms with Crippen LogP contribution in [0.3, 0.4) is 0 Å².